The van der Waals surface area contributed by atoms with Crippen LogP contribution in [0.25, 0.3) is 0 Å². The number of unbranched alkanes of at least 4 members (excludes halogenated alkanes) is 13. The molecule has 0 fully saturated rings. The molecule has 5 heteroatoms. The van der Waals surface area contributed by atoms with Crippen molar-refractivity contribution in [2.24, 2.45) is 0 Å². The quantitative estimate of drug-likeness (QED) is 0.0406. The van der Waals surface area contributed by atoms with Gasteiger partial charge >= 0.3 is 11.9 Å². The van der Waals surface area contributed by atoms with Gasteiger partial charge < -0.3 is 14.6 Å². The van der Waals surface area contributed by atoms with E-state index in [-0.39, 0.29) is 25.2 Å². The maximum Gasteiger partial charge on any atom is 0.306 e. The lowest BCUT2D eigenvalue weighted by Crippen LogP contribution is -2.28. The van der Waals surface area contributed by atoms with E-state index in [1.165, 1.54) is 51.4 Å². The van der Waals surface area contributed by atoms with Gasteiger partial charge in [-0.1, -0.05) is 157 Å². The lowest BCUT2D eigenvalue weighted by molar-refractivity contribution is -0.161. The van der Waals surface area contributed by atoms with Crippen molar-refractivity contribution in [2.75, 3.05) is 13.2 Å². The van der Waals surface area contributed by atoms with E-state index >= 15 is 0 Å². The first-order valence-electron chi connectivity index (χ1n) is 20.1. The van der Waals surface area contributed by atoms with E-state index in [4.69, 9.17) is 9.47 Å². The molecule has 0 bridgehead atoms. The Labute approximate surface area is 307 Å². The van der Waals surface area contributed by atoms with E-state index in [0.29, 0.717) is 19.3 Å². The van der Waals surface area contributed by atoms with Crippen molar-refractivity contribution < 1.29 is 24.2 Å². The highest BCUT2D eigenvalue weighted by Gasteiger charge is 2.16. The monoisotopic (exact) mass is 695 g/mol. The second-order valence-electron chi connectivity index (χ2n) is 13.0. The van der Waals surface area contributed by atoms with Crippen LogP contribution in [0.5, 0.6) is 0 Å². The van der Waals surface area contributed by atoms with Crippen molar-refractivity contribution in [3.05, 3.63) is 85.1 Å². The number of aliphatic hydroxyl groups excluding tert-OH is 1. The first-order chi connectivity index (χ1) is 24.6. The van der Waals surface area contributed by atoms with Crippen LogP contribution in [0.2, 0.25) is 0 Å². The van der Waals surface area contributed by atoms with Gasteiger partial charge in [0.2, 0.25) is 0 Å². The highest BCUT2D eigenvalue weighted by atomic mass is 16.6. The van der Waals surface area contributed by atoms with E-state index in [1.54, 1.807) is 0 Å². The Bertz CT molecular complexity index is 968. The second-order valence-corrected chi connectivity index (χ2v) is 13.0. The molecular weight excluding hydrogens is 620 g/mol. The predicted molar refractivity (Wildman–Crippen MR) is 214 cm³/mol. The summed E-state index contributed by atoms with van der Waals surface area (Å²) >= 11 is 0. The minimum Gasteiger partial charge on any atom is -0.462 e. The number of aliphatic hydroxyl groups is 1. The molecular formula is C45H74O5. The van der Waals surface area contributed by atoms with Crippen LogP contribution in [-0.4, -0.2) is 36.4 Å². The summed E-state index contributed by atoms with van der Waals surface area (Å²) in [6.07, 6.45) is 55.1. The molecule has 0 aromatic carbocycles. The van der Waals surface area contributed by atoms with Crippen LogP contribution in [0.4, 0.5) is 0 Å². The summed E-state index contributed by atoms with van der Waals surface area (Å²) in [4.78, 5) is 24.2. The summed E-state index contributed by atoms with van der Waals surface area (Å²) in [5.41, 5.74) is 0. The number of hydrogen-bond acceptors (Lipinski definition) is 5. The number of esters is 2. The molecule has 0 amide bonds. The predicted octanol–water partition coefficient (Wildman–Crippen LogP) is 12.7. The highest BCUT2D eigenvalue weighted by molar-refractivity contribution is 5.70. The topological polar surface area (TPSA) is 72.8 Å². The molecule has 0 aliphatic carbocycles. The standard InChI is InChI=1S/C45H74O5/c1-3-5-7-9-11-13-15-17-19-20-21-22-23-24-26-27-29-31-33-35-37-39-44(47)49-42-43(41-46)50-45(48)40-38-36-34-32-30-28-25-18-16-14-12-10-8-6-4-2/h6,8,12,14,18-20,22-23,25-27,31,33,43,46H,3-5,7,9-11,13,15-17,21,24,28-30,32,34-42H2,1-2H3/b8-6+,14-12+,20-19+,23-22+,25-18+,27-26+,33-31+/t43-/m0/s1. The first kappa shape index (κ1) is 47.1. The molecule has 0 unspecified atom stereocenters. The van der Waals surface area contributed by atoms with E-state index in [1.807, 2.05) is 0 Å². The third-order valence-electron chi connectivity index (χ3n) is 8.17. The fourth-order valence-electron chi connectivity index (χ4n) is 5.15. The van der Waals surface area contributed by atoms with E-state index in [9.17, 15) is 14.7 Å². The van der Waals surface area contributed by atoms with Crippen molar-refractivity contribution >= 4 is 11.9 Å². The van der Waals surface area contributed by atoms with Crippen LogP contribution in [0, 0.1) is 0 Å². The molecule has 0 aliphatic rings. The molecule has 0 aromatic heterocycles. The van der Waals surface area contributed by atoms with Gasteiger partial charge in [-0.2, -0.15) is 0 Å². The second kappa shape index (κ2) is 40.5. The highest BCUT2D eigenvalue weighted by Crippen LogP contribution is 2.11. The molecule has 0 aromatic rings. The summed E-state index contributed by atoms with van der Waals surface area (Å²) < 4.78 is 10.5. The summed E-state index contributed by atoms with van der Waals surface area (Å²) in [5, 5.41) is 9.55. The Balaban J connectivity index is 3.71. The molecule has 1 atom stereocenters. The molecule has 0 spiro atoms. The largest absolute Gasteiger partial charge is 0.462 e. The zero-order valence-corrected chi connectivity index (χ0v) is 32.1. The van der Waals surface area contributed by atoms with Crippen LogP contribution < -0.4 is 0 Å². The maximum atomic E-state index is 12.2. The van der Waals surface area contributed by atoms with E-state index in [2.05, 4.69) is 98.9 Å². The van der Waals surface area contributed by atoms with Gasteiger partial charge in [0.15, 0.2) is 6.10 Å². The van der Waals surface area contributed by atoms with Crippen LogP contribution in [-0.2, 0) is 19.1 Å². The average Bonchev–Trinajstić information content (AvgIpc) is 3.12. The molecule has 0 aliphatic heterocycles. The minimum absolute atomic E-state index is 0.106. The van der Waals surface area contributed by atoms with Crippen LogP contribution >= 0.6 is 0 Å². The average molecular weight is 695 g/mol. The molecule has 0 saturated heterocycles. The Morgan fingerprint density at radius 2 is 0.880 bits per heavy atom. The molecule has 0 heterocycles. The summed E-state index contributed by atoms with van der Waals surface area (Å²) in [6.45, 7) is 3.94. The van der Waals surface area contributed by atoms with Gasteiger partial charge in [-0.15, -0.1) is 0 Å². The maximum absolute atomic E-state index is 12.2. The van der Waals surface area contributed by atoms with Crippen LogP contribution in [0.15, 0.2) is 85.1 Å². The van der Waals surface area contributed by atoms with Crippen LogP contribution in [0.3, 0.4) is 0 Å². The van der Waals surface area contributed by atoms with Crippen molar-refractivity contribution in [1.82, 2.24) is 0 Å². The molecule has 1 N–H and O–H groups in total. The third kappa shape index (κ3) is 37.9. The fourth-order valence-corrected chi connectivity index (χ4v) is 5.15. The summed E-state index contributed by atoms with van der Waals surface area (Å²) in [7, 11) is 0. The third-order valence-corrected chi connectivity index (χ3v) is 8.17. The van der Waals surface area contributed by atoms with Gasteiger partial charge in [-0.05, 0) is 83.5 Å². The van der Waals surface area contributed by atoms with Gasteiger partial charge in [0.25, 0.3) is 0 Å². The minimum atomic E-state index is -0.807. The van der Waals surface area contributed by atoms with E-state index < -0.39 is 6.10 Å². The van der Waals surface area contributed by atoms with Gasteiger partial charge in [0.05, 0.1) is 6.61 Å². The molecule has 284 valence electrons. The number of allylic oxidation sites excluding steroid dienone is 14. The number of carbonyl (C=O) groups excluding carboxylic acids is 2. The fraction of sp³-hybridized carbons (Fsp3) is 0.644. The molecule has 5 nitrogen and oxygen atoms in total. The van der Waals surface area contributed by atoms with Crippen molar-refractivity contribution in [1.29, 1.82) is 0 Å². The smallest absolute Gasteiger partial charge is 0.306 e. The molecule has 0 rings (SSSR count). The number of rotatable bonds is 35. The van der Waals surface area contributed by atoms with E-state index in [0.717, 1.165) is 83.5 Å². The SMILES string of the molecule is CC/C=C/C/C=C/C/C=C/CCCCCCCC(=O)O[C@@H](CO)COC(=O)CCC/C=C/C/C=C/C/C=C/C/C=C/CCCCCCCCC. The van der Waals surface area contributed by atoms with Gasteiger partial charge in [0, 0.05) is 12.8 Å². The van der Waals surface area contributed by atoms with Crippen molar-refractivity contribution in [2.45, 2.75) is 174 Å². The molecule has 0 saturated carbocycles. The molecule has 50 heavy (non-hydrogen) atoms. The van der Waals surface area contributed by atoms with Gasteiger partial charge in [0.1, 0.15) is 6.61 Å². The van der Waals surface area contributed by atoms with Crippen molar-refractivity contribution in [3.8, 4) is 0 Å². The normalized spacial score (nSPS) is 13.1. The summed E-state index contributed by atoms with van der Waals surface area (Å²) in [6, 6.07) is 0. The van der Waals surface area contributed by atoms with Crippen molar-refractivity contribution in [3.63, 3.8) is 0 Å². The number of ether oxygens (including phenoxy) is 2. The number of hydrogen-bond donors (Lipinski definition) is 1. The number of carbonyl (C=O) groups is 2. The Kier molecular flexibility index (Phi) is 38.1. The van der Waals surface area contributed by atoms with Gasteiger partial charge in [-0.25, -0.2) is 0 Å². The Hall–Kier alpha value is -2.92. The Morgan fingerprint density at radius 1 is 0.480 bits per heavy atom. The molecule has 0 radical (unpaired) electrons. The van der Waals surface area contributed by atoms with Gasteiger partial charge in [-0.3, -0.25) is 9.59 Å². The zero-order valence-electron chi connectivity index (χ0n) is 32.1. The van der Waals surface area contributed by atoms with Crippen LogP contribution in [0.1, 0.15) is 168 Å². The first-order valence-corrected chi connectivity index (χ1v) is 20.1. The Morgan fingerprint density at radius 3 is 1.36 bits per heavy atom. The summed E-state index contributed by atoms with van der Waals surface area (Å²) in [5.74, 6) is -0.684. The lowest BCUT2D eigenvalue weighted by Gasteiger charge is -2.15. The zero-order chi connectivity index (χ0) is 36.4. The lowest BCUT2D eigenvalue weighted by atomic mass is 10.1.